The van der Waals surface area contributed by atoms with Crippen LogP contribution in [0.25, 0.3) is 0 Å². The van der Waals surface area contributed by atoms with Crippen molar-refractivity contribution in [2.24, 2.45) is 0 Å². The quantitative estimate of drug-likeness (QED) is 0.0282. The Hall–Kier alpha value is -2.66. The zero-order chi connectivity index (χ0) is 50.3. The van der Waals surface area contributed by atoms with Gasteiger partial charge in [-0.25, -0.2) is 19.2 Å². The molecule has 0 heterocycles. The highest BCUT2D eigenvalue weighted by Gasteiger charge is 2.18. The Bertz CT molecular complexity index is 1300. The highest BCUT2D eigenvalue weighted by atomic mass is 32.2. The zero-order valence-electron chi connectivity index (χ0n) is 40.8. The Labute approximate surface area is 394 Å². The number of thioether (sulfide) groups is 1. The Kier molecular flexibility index (Phi) is 43.7. The van der Waals surface area contributed by atoms with E-state index >= 15 is 0 Å². The van der Waals surface area contributed by atoms with Gasteiger partial charge in [-0.05, 0) is 140 Å². The molecule has 0 aromatic carbocycles. The Morgan fingerprint density at radius 2 is 0.825 bits per heavy atom. The fourth-order valence-corrected chi connectivity index (χ4v) is 4.65. The SMILES string of the molecule is CC(=O)S.CC(=O)SCCCCNC(=O)OC(C)(C)C.CC(C)(C)OC(=O)NCCCCO.CC(C)(C)OC(=O)NCCCCOS(C)(=O)=O.CC(C)(C)OC(=O)NCCCCS. The Morgan fingerprint density at radius 1 is 0.540 bits per heavy atom. The summed E-state index contributed by atoms with van der Waals surface area (Å²) in [5, 5.41) is 19.0. The summed E-state index contributed by atoms with van der Waals surface area (Å²) in [6.45, 7) is 27.3. The summed E-state index contributed by atoms with van der Waals surface area (Å²) >= 11 is 8.71. The summed E-state index contributed by atoms with van der Waals surface area (Å²) in [5.41, 5.74) is -1.81. The molecule has 0 radical (unpaired) electrons. The van der Waals surface area contributed by atoms with Crippen molar-refractivity contribution in [3.05, 3.63) is 0 Å². The van der Waals surface area contributed by atoms with Crippen LogP contribution in [0.5, 0.6) is 0 Å². The van der Waals surface area contributed by atoms with E-state index in [-0.39, 0.29) is 35.6 Å². The number of thiol groups is 2. The molecule has 0 aliphatic heterocycles. The van der Waals surface area contributed by atoms with Gasteiger partial charge in [0, 0.05) is 52.4 Å². The number of carbonyl (C=O) groups excluding carboxylic acids is 6. The maximum atomic E-state index is 11.2. The van der Waals surface area contributed by atoms with Gasteiger partial charge in [0.05, 0.1) is 12.9 Å². The third-order valence-corrected chi connectivity index (χ3v) is 7.40. The minimum Gasteiger partial charge on any atom is -0.444 e. The normalized spacial score (nSPS) is 11.1. The van der Waals surface area contributed by atoms with Crippen LogP contribution in [-0.2, 0) is 42.8 Å². The van der Waals surface area contributed by atoms with Crippen molar-refractivity contribution in [3.8, 4) is 0 Å². The third kappa shape index (κ3) is 83.5. The molecule has 22 heteroatoms. The van der Waals surface area contributed by atoms with E-state index < -0.39 is 44.7 Å². The molecule has 376 valence electrons. The Morgan fingerprint density at radius 3 is 1.08 bits per heavy atom. The number of alkyl carbamates (subject to hydrolysis) is 4. The lowest BCUT2D eigenvalue weighted by Gasteiger charge is -2.19. The van der Waals surface area contributed by atoms with Gasteiger partial charge in [-0.3, -0.25) is 13.8 Å². The molecule has 0 aromatic rings. The van der Waals surface area contributed by atoms with E-state index in [4.69, 9.17) is 24.1 Å². The van der Waals surface area contributed by atoms with Crippen LogP contribution in [0.1, 0.15) is 148 Å². The van der Waals surface area contributed by atoms with Gasteiger partial charge in [-0.15, -0.1) is 12.6 Å². The van der Waals surface area contributed by atoms with Gasteiger partial charge in [0.25, 0.3) is 10.1 Å². The maximum Gasteiger partial charge on any atom is 0.407 e. The van der Waals surface area contributed by atoms with Crippen molar-refractivity contribution in [1.82, 2.24) is 21.3 Å². The van der Waals surface area contributed by atoms with E-state index in [0.29, 0.717) is 45.4 Å². The zero-order valence-corrected chi connectivity index (χ0v) is 44.2. The largest absolute Gasteiger partial charge is 0.444 e. The average molecular weight is 985 g/mol. The van der Waals surface area contributed by atoms with Crippen molar-refractivity contribution in [2.45, 2.75) is 171 Å². The lowest BCUT2D eigenvalue weighted by molar-refractivity contribution is -0.109. The first-order chi connectivity index (χ1) is 28.6. The number of aliphatic hydroxyl groups is 1. The number of rotatable bonds is 19. The molecule has 4 amide bonds. The predicted octanol–water partition coefficient (Wildman–Crippen LogP) is 7.81. The number of hydrogen-bond donors (Lipinski definition) is 7. The van der Waals surface area contributed by atoms with Crippen LogP contribution in [0.3, 0.4) is 0 Å². The van der Waals surface area contributed by atoms with Crippen molar-refractivity contribution in [3.63, 3.8) is 0 Å². The standard InChI is InChI=1S/C11H21NO3S.C10H21NO5S.C9H19NO3.C9H19NO2S.C2H4OS/c1-9(13)16-8-6-5-7-12-10(14)15-11(2,3)4;1-10(2,3)16-9(12)11-7-5-6-8-15-17(4,13)14;1-9(2,3)13-8(12)10-6-4-5-7-11;1-9(2,3)12-8(11)10-6-4-5-7-13;1-2(3)4/h5-8H2,1-4H3,(H,12,14);5-8H2,1-4H3,(H,11,12);11H,4-7H2,1-3H3,(H,10,12);13H,4-7H2,1-3H3,(H,10,11);1H3,(H,3,4). The van der Waals surface area contributed by atoms with Crippen LogP contribution in [0.15, 0.2) is 0 Å². The minimum atomic E-state index is -3.36. The van der Waals surface area contributed by atoms with Crippen molar-refractivity contribution < 1.29 is 65.4 Å². The van der Waals surface area contributed by atoms with Crippen LogP contribution < -0.4 is 21.3 Å². The van der Waals surface area contributed by atoms with Gasteiger partial charge in [0.1, 0.15) is 22.4 Å². The minimum absolute atomic E-state index is 0.134. The van der Waals surface area contributed by atoms with Gasteiger partial charge >= 0.3 is 24.4 Å². The number of carbonyl (C=O) groups is 6. The first-order valence-corrected chi connectivity index (χ1v) is 24.7. The Balaban J connectivity index is -0.000000232. The molecule has 0 aliphatic carbocycles. The summed E-state index contributed by atoms with van der Waals surface area (Å²) in [4.78, 5) is 64.4. The van der Waals surface area contributed by atoms with E-state index in [9.17, 15) is 37.2 Å². The fourth-order valence-electron chi connectivity index (χ4n) is 3.37. The van der Waals surface area contributed by atoms with Crippen molar-refractivity contribution in [1.29, 1.82) is 0 Å². The monoisotopic (exact) mass is 984 g/mol. The molecular formula is C41H84N4O14S4. The summed E-state index contributed by atoms with van der Waals surface area (Å²) < 4.78 is 45.9. The van der Waals surface area contributed by atoms with Crippen molar-refractivity contribution >= 4 is 81.7 Å². The molecular weight excluding hydrogens is 901 g/mol. The molecule has 5 N–H and O–H groups in total. The van der Waals surface area contributed by atoms with Gasteiger partial charge in [-0.1, -0.05) is 11.8 Å². The molecule has 0 spiro atoms. The van der Waals surface area contributed by atoms with Crippen LogP contribution >= 0.6 is 37.0 Å². The first-order valence-electron chi connectivity index (χ1n) is 20.8. The molecule has 0 saturated carbocycles. The molecule has 0 atom stereocenters. The highest BCUT2D eigenvalue weighted by molar-refractivity contribution is 8.13. The molecule has 0 saturated heterocycles. The number of hydrogen-bond acceptors (Lipinski definition) is 16. The fraction of sp³-hybridized carbons (Fsp3) is 0.854. The van der Waals surface area contributed by atoms with Crippen LogP contribution in [0.2, 0.25) is 0 Å². The average Bonchev–Trinajstić information content (AvgIpc) is 3.05. The van der Waals surface area contributed by atoms with Crippen LogP contribution in [0.4, 0.5) is 19.2 Å². The predicted molar refractivity (Wildman–Crippen MR) is 258 cm³/mol. The molecule has 0 rings (SSSR count). The lowest BCUT2D eigenvalue weighted by atomic mass is 10.2. The maximum absolute atomic E-state index is 11.2. The summed E-state index contributed by atoms with van der Waals surface area (Å²) in [5.74, 6) is 1.67. The second kappa shape index (κ2) is 39.7. The molecule has 0 bridgehead atoms. The second-order valence-corrected chi connectivity index (χ2v) is 21.4. The second-order valence-electron chi connectivity index (χ2n) is 17.4. The summed E-state index contributed by atoms with van der Waals surface area (Å²) in [7, 11) is -3.36. The number of nitrogens with one attached hydrogen (secondary N) is 4. The molecule has 18 nitrogen and oxygen atoms in total. The van der Waals surface area contributed by atoms with Crippen molar-refractivity contribution in [2.75, 3.05) is 57.2 Å². The topological polar surface area (TPSA) is 251 Å². The van der Waals surface area contributed by atoms with Crippen LogP contribution in [0, 0.1) is 0 Å². The lowest BCUT2D eigenvalue weighted by Crippen LogP contribution is -2.33. The van der Waals surface area contributed by atoms with Gasteiger partial charge < -0.3 is 45.3 Å². The first kappa shape index (κ1) is 69.4. The van der Waals surface area contributed by atoms with E-state index in [1.165, 1.54) is 18.7 Å². The number of unbranched alkanes of at least 4 members (excludes halogenated alkanes) is 4. The smallest absolute Gasteiger partial charge is 0.407 e. The van der Waals surface area contributed by atoms with Gasteiger partial charge in [0.2, 0.25) is 0 Å². The molecule has 0 fully saturated rings. The van der Waals surface area contributed by atoms with E-state index in [0.717, 1.165) is 49.9 Å². The molecule has 0 unspecified atom stereocenters. The van der Waals surface area contributed by atoms with E-state index in [2.05, 4.69) is 50.7 Å². The van der Waals surface area contributed by atoms with Gasteiger partial charge in [-0.2, -0.15) is 21.0 Å². The molecule has 0 aromatic heterocycles. The third-order valence-electron chi connectivity index (χ3n) is 5.59. The molecule has 63 heavy (non-hydrogen) atoms. The highest BCUT2D eigenvalue weighted by Crippen LogP contribution is 2.09. The number of aliphatic hydroxyl groups excluding tert-OH is 1. The summed E-state index contributed by atoms with van der Waals surface area (Å²) in [6.07, 6.45) is 5.82. The number of amides is 4. The summed E-state index contributed by atoms with van der Waals surface area (Å²) in [6, 6.07) is 0. The van der Waals surface area contributed by atoms with E-state index in [1.54, 1.807) is 27.7 Å². The molecule has 0 aliphatic rings. The van der Waals surface area contributed by atoms with Gasteiger partial charge in [0.15, 0.2) is 10.2 Å². The van der Waals surface area contributed by atoms with E-state index in [1.807, 2.05) is 62.3 Å². The number of ether oxygens (including phenoxy) is 4. The van der Waals surface area contributed by atoms with Crippen LogP contribution in [-0.4, -0.2) is 128 Å².